The molecular weight excluding hydrogens is 261 g/mol. The van der Waals surface area contributed by atoms with E-state index in [4.69, 9.17) is 5.26 Å². The molecule has 2 rings (SSSR count). The smallest absolute Gasteiger partial charge is 0.266 e. The molecule has 6 nitrogen and oxygen atoms in total. The minimum atomic E-state index is -4.10. The van der Waals surface area contributed by atoms with Crippen LogP contribution in [0.4, 0.5) is 10.2 Å². The van der Waals surface area contributed by atoms with Crippen LogP contribution < -0.4 is 4.72 Å². The van der Waals surface area contributed by atoms with Crippen LogP contribution in [0.1, 0.15) is 5.56 Å². The highest BCUT2D eigenvalue weighted by molar-refractivity contribution is 7.92. The maximum Gasteiger partial charge on any atom is 0.266 e. The number of nitrogens with zero attached hydrogens (tertiary/aromatic N) is 2. The first kappa shape index (κ1) is 12.1. The summed E-state index contributed by atoms with van der Waals surface area (Å²) in [5.74, 6) is -1.07. The van der Waals surface area contributed by atoms with Crippen LogP contribution in [0.25, 0.3) is 0 Å². The minimum Gasteiger partial charge on any atom is -0.363 e. The molecule has 18 heavy (non-hydrogen) atoms. The van der Waals surface area contributed by atoms with Crippen molar-refractivity contribution in [3.8, 4) is 6.07 Å². The number of hydrogen-bond acceptors (Lipinski definition) is 5. The van der Waals surface area contributed by atoms with Gasteiger partial charge in [0.2, 0.25) is 0 Å². The average Bonchev–Trinajstić information content (AvgIpc) is 2.80. The molecule has 1 aromatic carbocycles. The van der Waals surface area contributed by atoms with E-state index < -0.39 is 20.7 Å². The third kappa shape index (κ3) is 2.31. The number of halogens is 1. The van der Waals surface area contributed by atoms with Gasteiger partial charge in [-0.2, -0.15) is 5.26 Å². The Balaban J connectivity index is 2.39. The molecule has 0 saturated heterocycles. The number of hydrogen-bond donors (Lipinski definition) is 1. The lowest BCUT2D eigenvalue weighted by atomic mass is 10.2. The molecule has 0 unspecified atom stereocenters. The number of nitriles is 1. The lowest BCUT2D eigenvalue weighted by molar-refractivity contribution is 0.423. The van der Waals surface area contributed by atoms with Gasteiger partial charge in [-0.25, -0.2) is 12.8 Å². The van der Waals surface area contributed by atoms with Crippen molar-refractivity contribution in [3.63, 3.8) is 0 Å². The van der Waals surface area contributed by atoms with Gasteiger partial charge in [-0.15, -0.1) is 0 Å². The third-order valence-electron chi connectivity index (χ3n) is 2.03. The number of benzene rings is 1. The first-order chi connectivity index (χ1) is 8.53. The van der Waals surface area contributed by atoms with Crippen molar-refractivity contribution in [2.24, 2.45) is 0 Å². The summed E-state index contributed by atoms with van der Waals surface area (Å²) in [6.07, 6.45) is 1.17. The van der Waals surface area contributed by atoms with E-state index in [1.54, 1.807) is 6.07 Å². The predicted molar refractivity (Wildman–Crippen MR) is 58.4 cm³/mol. The van der Waals surface area contributed by atoms with Gasteiger partial charge in [0.05, 0.1) is 11.6 Å². The summed E-state index contributed by atoms with van der Waals surface area (Å²) in [6, 6.07) is 6.05. The van der Waals surface area contributed by atoms with Gasteiger partial charge in [-0.05, 0) is 18.2 Å². The molecule has 0 fully saturated rings. The predicted octanol–water partition coefficient (Wildman–Crippen LogP) is 1.49. The molecule has 8 heteroatoms. The molecule has 1 heterocycles. The second kappa shape index (κ2) is 4.46. The Morgan fingerprint density at radius 1 is 1.39 bits per heavy atom. The lowest BCUT2D eigenvalue weighted by Crippen LogP contribution is -2.14. The highest BCUT2D eigenvalue weighted by Gasteiger charge is 2.20. The fourth-order valence-corrected chi connectivity index (χ4v) is 2.30. The van der Waals surface area contributed by atoms with Crippen LogP contribution in [0.2, 0.25) is 0 Å². The van der Waals surface area contributed by atoms with E-state index in [0.29, 0.717) is 0 Å². The Morgan fingerprint density at radius 3 is 2.72 bits per heavy atom. The molecule has 0 aliphatic rings. The van der Waals surface area contributed by atoms with E-state index >= 15 is 0 Å². The first-order valence-electron chi connectivity index (χ1n) is 4.66. The zero-order chi connectivity index (χ0) is 13.2. The SMILES string of the molecule is N#Cc1ccc(S(=O)(=O)Nc2ccon2)c(F)c1. The van der Waals surface area contributed by atoms with Crippen molar-refractivity contribution in [2.75, 3.05) is 4.72 Å². The van der Waals surface area contributed by atoms with Crippen LogP contribution in [-0.2, 0) is 10.0 Å². The molecule has 1 N–H and O–H groups in total. The summed E-state index contributed by atoms with van der Waals surface area (Å²) in [6.45, 7) is 0. The van der Waals surface area contributed by atoms with Crippen molar-refractivity contribution < 1.29 is 17.3 Å². The molecule has 0 radical (unpaired) electrons. The van der Waals surface area contributed by atoms with Crippen molar-refractivity contribution in [1.82, 2.24) is 5.16 Å². The Labute approximate surface area is 102 Å². The molecule has 2 aromatic rings. The van der Waals surface area contributed by atoms with E-state index in [-0.39, 0.29) is 11.4 Å². The van der Waals surface area contributed by atoms with E-state index in [2.05, 4.69) is 9.68 Å². The van der Waals surface area contributed by atoms with Crippen molar-refractivity contribution >= 4 is 15.8 Å². The number of nitrogens with one attached hydrogen (secondary N) is 1. The number of anilines is 1. The molecule has 1 aromatic heterocycles. The van der Waals surface area contributed by atoms with Crippen LogP contribution >= 0.6 is 0 Å². The Kier molecular flexibility index (Phi) is 2.99. The molecule has 0 amide bonds. The summed E-state index contributed by atoms with van der Waals surface area (Å²) in [5, 5.41) is 11.9. The summed E-state index contributed by atoms with van der Waals surface area (Å²) < 4.78 is 43.6. The second-order valence-electron chi connectivity index (χ2n) is 3.25. The standard InChI is InChI=1S/C10H6FN3O3S/c11-8-5-7(6-12)1-2-9(8)18(15,16)14-10-3-4-17-13-10/h1-5H,(H,13,14). The minimum absolute atomic E-state index is 0.0351. The van der Waals surface area contributed by atoms with Crippen molar-refractivity contribution in [3.05, 3.63) is 41.9 Å². The fraction of sp³-hybridized carbons (Fsp3) is 0. The Morgan fingerprint density at radius 2 is 2.17 bits per heavy atom. The third-order valence-corrected chi connectivity index (χ3v) is 3.42. The van der Waals surface area contributed by atoms with Crippen LogP contribution in [0.5, 0.6) is 0 Å². The summed E-state index contributed by atoms with van der Waals surface area (Å²) >= 11 is 0. The maximum absolute atomic E-state index is 13.5. The van der Waals surface area contributed by atoms with E-state index in [0.717, 1.165) is 12.1 Å². The maximum atomic E-state index is 13.5. The van der Waals surface area contributed by atoms with E-state index in [9.17, 15) is 12.8 Å². The number of aromatic nitrogens is 1. The van der Waals surface area contributed by atoms with Gasteiger partial charge >= 0.3 is 0 Å². The number of rotatable bonds is 3. The monoisotopic (exact) mass is 267 g/mol. The first-order valence-corrected chi connectivity index (χ1v) is 6.14. The van der Waals surface area contributed by atoms with Crippen LogP contribution in [0, 0.1) is 17.1 Å². The molecule has 0 atom stereocenters. The molecule has 0 aliphatic carbocycles. The Hall–Kier alpha value is -2.40. The zero-order valence-electron chi connectivity index (χ0n) is 8.79. The Bertz CT molecular complexity index is 704. The fourth-order valence-electron chi connectivity index (χ4n) is 1.25. The van der Waals surface area contributed by atoms with E-state index in [1.165, 1.54) is 18.4 Å². The zero-order valence-corrected chi connectivity index (χ0v) is 9.61. The van der Waals surface area contributed by atoms with Gasteiger partial charge < -0.3 is 4.52 Å². The number of sulfonamides is 1. The van der Waals surface area contributed by atoms with Crippen molar-refractivity contribution in [1.29, 1.82) is 5.26 Å². The quantitative estimate of drug-likeness (QED) is 0.908. The highest BCUT2D eigenvalue weighted by atomic mass is 32.2. The summed E-state index contributed by atoms with van der Waals surface area (Å²) in [5.41, 5.74) is 0.0351. The molecule has 0 spiro atoms. The van der Waals surface area contributed by atoms with Crippen LogP contribution in [0.3, 0.4) is 0 Å². The van der Waals surface area contributed by atoms with Gasteiger partial charge in [-0.1, -0.05) is 5.16 Å². The lowest BCUT2D eigenvalue weighted by Gasteiger charge is -2.05. The van der Waals surface area contributed by atoms with Crippen LogP contribution in [-0.4, -0.2) is 13.6 Å². The molecule has 0 saturated carbocycles. The van der Waals surface area contributed by atoms with E-state index in [1.807, 2.05) is 4.72 Å². The van der Waals surface area contributed by atoms with Crippen molar-refractivity contribution in [2.45, 2.75) is 4.90 Å². The molecule has 0 bridgehead atoms. The van der Waals surface area contributed by atoms with Gasteiger partial charge in [0, 0.05) is 6.07 Å². The van der Waals surface area contributed by atoms with Crippen LogP contribution in [0.15, 0.2) is 39.9 Å². The van der Waals surface area contributed by atoms with Gasteiger partial charge in [-0.3, -0.25) is 4.72 Å². The largest absolute Gasteiger partial charge is 0.363 e. The highest BCUT2D eigenvalue weighted by Crippen LogP contribution is 2.18. The summed E-state index contributed by atoms with van der Waals surface area (Å²) in [4.78, 5) is -0.565. The van der Waals surface area contributed by atoms with Gasteiger partial charge in [0.25, 0.3) is 10.0 Å². The summed E-state index contributed by atoms with van der Waals surface area (Å²) in [7, 11) is -4.10. The topological polar surface area (TPSA) is 96.0 Å². The molecule has 92 valence electrons. The van der Waals surface area contributed by atoms with Gasteiger partial charge in [0.15, 0.2) is 5.82 Å². The normalized spacial score (nSPS) is 10.9. The average molecular weight is 267 g/mol. The second-order valence-corrected chi connectivity index (χ2v) is 4.90. The molecular formula is C10H6FN3O3S. The molecule has 0 aliphatic heterocycles. The van der Waals surface area contributed by atoms with Gasteiger partial charge in [0.1, 0.15) is 17.0 Å².